The molecule has 0 bridgehead atoms. The first kappa shape index (κ1) is 15.4. The van der Waals surface area contributed by atoms with Crippen LogP contribution in [0.4, 0.5) is 0 Å². The Balaban J connectivity index is 3.65. The summed E-state index contributed by atoms with van der Waals surface area (Å²) in [7, 11) is 0. The third-order valence-corrected chi connectivity index (χ3v) is 1.89. The Labute approximate surface area is 98.5 Å². The second-order valence-electron chi connectivity index (χ2n) is 5.36. The van der Waals surface area contributed by atoms with Crippen molar-refractivity contribution in [2.24, 2.45) is 11.7 Å². The van der Waals surface area contributed by atoms with Gasteiger partial charge in [0.15, 0.2) is 0 Å². The fourth-order valence-corrected chi connectivity index (χ4v) is 1.20. The van der Waals surface area contributed by atoms with Gasteiger partial charge < -0.3 is 15.2 Å². The number of esters is 1. The highest BCUT2D eigenvalue weighted by atomic mass is 16.6. The van der Waals surface area contributed by atoms with Gasteiger partial charge in [0.1, 0.15) is 12.6 Å². The van der Waals surface area contributed by atoms with Crippen LogP contribution in [0, 0.1) is 5.92 Å². The third kappa shape index (κ3) is 8.68. The SMILES string of the molecule is CC(C)C[C@@H](N)C(=O)OCCOC(C)(C)C. The van der Waals surface area contributed by atoms with Crippen LogP contribution in [-0.4, -0.2) is 30.8 Å². The normalized spacial score (nSPS) is 13.9. The molecule has 2 N–H and O–H groups in total. The number of nitrogens with two attached hydrogens (primary N) is 1. The van der Waals surface area contributed by atoms with Crippen molar-refractivity contribution in [2.75, 3.05) is 13.2 Å². The number of hydrogen-bond donors (Lipinski definition) is 1. The van der Waals surface area contributed by atoms with Crippen molar-refractivity contribution in [3.63, 3.8) is 0 Å². The van der Waals surface area contributed by atoms with E-state index in [0.717, 1.165) is 0 Å². The highest BCUT2D eigenvalue weighted by Gasteiger charge is 2.16. The Bertz CT molecular complexity index is 209. The van der Waals surface area contributed by atoms with Gasteiger partial charge >= 0.3 is 5.97 Å². The smallest absolute Gasteiger partial charge is 0.322 e. The molecule has 0 aromatic carbocycles. The number of carbonyl (C=O) groups is 1. The Morgan fingerprint density at radius 2 is 1.81 bits per heavy atom. The lowest BCUT2D eigenvalue weighted by atomic mass is 10.1. The van der Waals surface area contributed by atoms with Crippen molar-refractivity contribution in [2.45, 2.75) is 52.7 Å². The predicted octanol–water partition coefficient (Wildman–Crippen LogP) is 1.72. The number of rotatable bonds is 6. The number of hydrogen-bond acceptors (Lipinski definition) is 4. The molecule has 0 heterocycles. The van der Waals surface area contributed by atoms with E-state index in [1.807, 2.05) is 34.6 Å². The van der Waals surface area contributed by atoms with Crippen molar-refractivity contribution in [1.29, 1.82) is 0 Å². The first-order chi connectivity index (χ1) is 7.22. The van der Waals surface area contributed by atoms with Crippen molar-refractivity contribution >= 4 is 5.97 Å². The largest absolute Gasteiger partial charge is 0.462 e. The topological polar surface area (TPSA) is 61.6 Å². The van der Waals surface area contributed by atoms with Gasteiger partial charge in [-0.15, -0.1) is 0 Å². The summed E-state index contributed by atoms with van der Waals surface area (Å²) in [5.41, 5.74) is 5.47. The van der Waals surface area contributed by atoms with E-state index in [2.05, 4.69) is 0 Å². The molecule has 0 fully saturated rings. The van der Waals surface area contributed by atoms with Gasteiger partial charge in [-0.2, -0.15) is 0 Å². The van der Waals surface area contributed by atoms with Crippen LogP contribution in [0.15, 0.2) is 0 Å². The molecule has 4 nitrogen and oxygen atoms in total. The zero-order valence-corrected chi connectivity index (χ0v) is 11.1. The zero-order chi connectivity index (χ0) is 12.8. The van der Waals surface area contributed by atoms with Crippen LogP contribution in [0.1, 0.15) is 41.0 Å². The maximum absolute atomic E-state index is 11.4. The van der Waals surface area contributed by atoms with E-state index < -0.39 is 6.04 Å². The van der Waals surface area contributed by atoms with E-state index in [0.29, 0.717) is 18.9 Å². The summed E-state index contributed by atoms with van der Waals surface area (Å²) in [4.78, 5) is 11.4. The molecule has 0 spiro atoms. The van der Waals surface area contributed by atoms with E-state index in [4.69, 9.17) is 15.2 Å². The minimum Gasteiger partial charge on any atom is -0.462 e. The molecular weight excluding hydrogens is 206 g/mol. The summed E-state index contributed by atoms with van der Waals surface area (Å²) < 4.78 is 10.4. The van der Waals surface area contributed by atoms with E-state index >= 15 is 0 Å². The average molecular weight is 231 g/mol. The van der Waals surface area contributed by atoms with Gasteiger partial charge in [-0.05, 0) is 33.1 Å². The molecule has 0 aliphatic heterocycles. The molecule has 0 unspecified atom stereocenters. The summed E-state index contributed by atoms with van der Waals surface area (Å²) in [6, 6.07) is -0.519. The van der Waals surface area contributed by atoms with Crippen LogP contribution in [0.25, 0.3) is 0 Å². The predicted molar refractivity (Wildman–Crippen MR) is 64.1 cm³/mol. The van der Waals surface area contributed by atoms with E-state index in [1.165, 1.54) is 0 Å². The van der Waals surface area contributed by atoms with Crippen LogP contribution in [0.2, 0.25) is 0 Å². The molecule has 0 radical (unpaired) electrons. The second kappa shape index (κ2) is 6.86. The molecule has 0 aliphatic carbocycles. The lowest BCUT2D eigenvalue weighted by Crippen LogP contribution is -2.34. The van der Waals surface area contributed by atoms with Crippen molar-refractivity contribution < 1.29 is 14.3 Å². The summed E-state index contributed by atoms with van der Waals surface area (Å²) >= 11 is 0. The minimum atomic E-state index is -0.519. The molecule has 4 heteroatoms. The monoisotopic (exact) mass is 231 g/mol. The highest BCUT2D eigenvalue weighted by molar-refractivity contribution is 5.75. The Morgan fingerprint density at radius 3 is 2.25 bits per heavy atom. The molecule has 0 aromatic rings. The molecule has 0 aromatic heterocycles. The van der Waals surface area contributed by atoms with Gasteiger partial charge in [-0.1, -0.05) is 13.8 Å². The molecule has 96 valence electrons. The lowest BCUT2D eigenvalue weighted by molar-refractivity contribution is -0.148. The molecule has 0 saturated carbocycles. The van der Waals surface area contributed by atoms with Crippen LogP contribution < -0.4 is 5.73 Å². The maximum Gasteiger partial charge on any atom is 0.322 e. The van der Waals surface area contributed by atoms with Gasteiger partial charge in [-0.25, -0.2) is 0 Å². The average Bonchev–Trinajstić information content (AvgIpc) is 2.09. The van der Waals surface area contributed by atoms with Gasteiger partial charge in [0, 0.05) is 0 Å². The van der Waals surface area contributed by atoms with Crippen molar-refractivity contribution in [3.8, 4) is 0 Å². The summed E-state index contributed by atoms with van der Waals surface area (Å²) in [5, 5.41) is 0. The Hall–Kier alpha value is -0.610. The molecule has 0 saturated heterocycles. The maximum atomic E-state index is 11.4. The summed E-state index contributed by atoms with van der Waals surface area (Å²) in [6.45, 7) is 10.6. The Kier molecular flexibility index (Phi) is 6.60. The zero-order valence-electron chi connectivity index (χ0n) is 11.1. The summed E-state index contributed by atoms with van der Waals surface area (Å²) in [6.07, 6.45) is 0.652. The fourth-order valence-electron chi connectivity index (χ4n) is 1.20. The van der Waals surface area contributed by atoms with Crippen LogP contribution in [-0.2, 0) is 14.3 Å². The molecule has 0 aliphatic rings. The van der Waals surface area contributed by atoms with Crippen molar-refractivity contribution in [3.05, 3.63) is 0 Å². The van der Waals surface area contributed by atoms with E-state index in [1.54, 1.807) is 0 Å². The molecule has 16 heavy (non-hydrogen) atoms. The van der Waals surface area contributed by atoms with Gasteiger partial charge in [0.05, 0.1) is 12.2 Å². The first-order valence-corrected chi connectivity index (χ1v) is 5.78. The van der Waals surface area contributed by atoms with Gasteiger partial charge in [0.2, 0.25) is 0 Å². The standard InChI is InChI=1S/C12H25NO3/c1-9(2)8-10(13)11(14)15-6-7-16-12(3,4)5/h9-10H,6-8,13H2,1-5H3/t10-/m1/s1. The second-order valence-corrected chi connectivity index (χ2v) is 5.36. The number of carbonyl (C=O) groups excluding carboxylic acids is 1. The van der Waals surface area contributed by atoms with Gasteiger partial charge in [0.25, 0.3) is 0 Å². The lowest BCUT2D eigenvalue weighted by Gasteiger charge is -2.20. The fraction of sp³-hybridized carbons (Fsp3) is 0.917. The van der Waals surface area contributed by atoms with Crippen LogP contribution in [0.3, 0.4) is 0 Å². The first-order valence-electron chi connectivity index (χ1n) is 5.78. The quantitative estimate of drug-likeness (QED) is 0.558. The molecule has 1 atom stereocenters. The van der Waals surface area contributed by atoms with E-state index in [-0.39, 0.29) is 18.2 Å². The van der Waals surface area contributed by atoms with Crippen LogP contribution in [0.5, 0.6) is 0 Å². The number of ether oxygens (including phenoxy) is 2. The molecular formula is C12H25NO3. The van der Waals surface area contributed by atoms with Gasteiger partial charge in [-0.3, -0.25) is 4.79 Å². The molecule has 0 rings (SSSR count). The summed E-state index contributed by atoms with van der Waals surface area (Å²) in [5.74, 6) is 0.0552. The van der Waals surface area contributed by atoms with Crippen molar-refractivity contribution in [1.82, 2.24) is 0 Å². The van der Waals surface area contributed by atoms with Crippen LogP contribution >= 0.6 is 0 Å². The van der Waals surface area contributed by atoms with E-state index in [9.17, 15) is 4.79 Å². The third-order valence-electron chi connectivity index (χ3n) is 1.89. The molecule has 0 amide bonds. The minimum absolute atomic E-state index is 0.202. The Morgan fingerprint density at radius 1 is 1.25 bits per heavy atom. The highest BCUT2D eigenvalue weighted by Crippen LogP contribution is 2.06.